The van der Waals surface area contributed by atoms with E-state index in [0.29, 0.717) is 12.3 Å². The van der Waals surface area contributed by atoms with E-state index >= 15 is 0 Å². The Kier molecular flexibility index (Phi) is 8.00. The molecule has 0 aliphatic carbocycles. The van der Waals surface area contributed by atoms with Crippen LogP contribution in [0.4, 0.5) is 5.69 Å². The first-order valence-electron chi connectivity index (χ1n) is 8.97. The fourth-order valence-corrected chi connectivity index (χ4v) is 3.64. The Morgan fingerprint density at radius 1 is 1.31 bits per heavy atom. The van der Waals surface area contributed by atoms with Crippen LogP contribution >= 0.6 is 11.9 Å². The molecule has 1 aliphatic heterocycles. The van der Waals surface area contributed by atoms with Gasteiger partial charge in [0, 0.05) is 43.8 Å². The van der Waals surface area contributed by atoms with Gasteiger partial charge in [0.2, 0.25) is 5.76 Å². The van der Waals surface area contributed by atoms with E-state index < -0.39 is 0 Å². The average Bonchev–Trinajstić information content (AvgIpc) is 2.63. The van der Waals surface area contributed by atoms with Crippen LogP contribution in [0, 0.1) is 12.3 Å². The van der Waals surface area contributed by atoms with Gasteiger partial charge in [0.15, 0.2) is 0 Å². The van der Waals surface area contributed by atoms with Crippen molar-refractivity contribution < 1.29 is 9.53 Å². The summed E-state index contributed by atoms with van der Waals surface area (Å²) in [5, 5.41) is 10.7. The van der Waals surface area contributed by atoms with E-state index in [2.05, 4.69) is 21.4 Å². The van der Waals surface area contributed by atoms with Crippen LogP contribution < -0.4 is 5.32 Å². The van der Waals surface area contributed by atoms with E-state index in [1.807, 2.05) is 50.1 Å². The number of carbonyl (C=O) groups is 1. The first-order valence-corrected chi connectivity index (χ1v) is 9.91. The van der Waals surface area contributed by atoms with E-state index in [9.17, 15) is 4.79 Å². The number of anilines is 1. The molecule has 1 fully saturated rings. The second-order valence-electron chi connectivity index (χ2n) is 5.95. The zero-order valence-electron chi connectivity index (χ0n) is 15.7. The van der Waals surface area contributed by atoms with Crippen LogP contribution in [0.1, 0.15) is 19.4 Å². The lowest BCUT2D eigenvalue weighted by Gasteiger charge is -2.35. The van der Waals surface area contributed by atoms with Crippen molar-refractivity contribution in [1.82, 2.24) is 9.21 Å². The predicted molar refractivity (Wildman–Crippen MR) is 109 cm³/mol. The summed E-state index contributed by atoms with van der Waals surface area (Å²) < 4.78 is 7.97. The number of allylic oxidation sites excluding steroid dienone is 1. The van der Waals surface area contributed by atoms with E-state index in [1.54, 1.807) is 0 Å². The van der Waals surface area contributed by atoms with E-state index in [0.717, 1.165) is 43.2 Å². The van der Waals surface area contributed by atoms with Crippen molar-refractivity contribution in [1.29, 1.82) is 5.41 Å². The van der Waals surface area contributed by atoms with Crippen LogP contribution in [0.2, 0.25) is 0 Å². The summed E-state index contributed by atoms with van der Waals surface area (Å²) in [6.07, 6.45) is 1.23. The normalized spacial score (nSPS) is 16.0. The second kappa shape index (κ2) is 10.2. The Hall–Kier alpha value is -1.99. The van der Waals surface area contributed by atoms with Crippen molar-refractivity contribution in [2.45, 2.75) is 20.8 Å². The molecular weight excluding hydrogens is 348 g/mol. The van der Waals surface area contributed by atoms with Crippen molar-refractivity contribution in [3.8, 4) is 0 Å². The van der Waals surface area contributed by atoms with Gasteiger partial charge in [-0.3, -0.25) is 4.79 Å². The zero-order valence-corrected chi connectivity index (χ0v) is 16.6. The van der Waals surface area contributed by atoms with Gasteiger partial charge in [-0.15, -0.1) is 0 Å². The van der Waals surface area contributed by atoms with Gasteiger partial charge >= 0.3 is 0 Å². The summed E-state index contributed by atoms with van der Waals surface area (Å²) >= 11 is 1.82. The Bertz CT molecular complexity index is 655. The molecule has 0 spiro atoms. The summed E-state index contributed by atoms with van der Waals surface area (Å²) in [5.41, 5.74) is 2.33. The van der Waals surface area contributed by atoms with Gasteiger partial charge in [-0.25, -0.2) is 4.31 Å². The van der Waals surface area contributed by atoms with Gasteiger partial charge in [-0.1, -0.05) is 31.0 Å². The number of aryl methyl sites for hydroxylation is 1. The van der Waals surface area contributed by atoms with Crippen LogP contribution in [0.5, 0.6) is 0 Å². The minimum Gasteiger partial charge on any atom is -0.487 e. The first-order chi connectivity index (χ1) is 12.6. The molecule has 0 atom stereocenters. The molecular formula is C19H28N4O2S. The molecule has 0 bridgehead atoms. The molecule has 26 heavy (non-hydrogen) atoms. The standard InChI is InChI=1S/C19H28N4O2S/c1-4-25-18(19(24)21-16-8-6-7-15(3)13-16)17(14-20)22-9-11-23(12-10-22)26-5-2/h6-8,13-14,20H,4-5,9-12H2,1-3H3,(H,21,24)/b18-17-,20-14?. The number of benzene rings is 1. The molecule has 2 rings (SSSR count). The Morgan fingerprint density at radius 3 is 2.62 bits per heavy atom. The molecule has 1 heterocycles. The van der Waals surface area contributed by atoms with Crippen molar-refractivity contribution in [3.05, 3.63) is 41.3 Å². The smallest absolute Gasteiger partial charge is 0.293 e. The number of piperazine rings is 1. The quantitative estimate of drug-likeness (QED) is 0.316. The highest BCUT2D eigenvalue weighted by Gasteiger charge is 2.24. The fraction of sp³-hybridized carbons (Fsp3) is 0.474. The molecule has 1 aromatic carbocycles. The lowest BCUT2D eigenvalue weighted by atomic mass is 10.2. The molecule has 0 aromatic heterocycles. The maximum Gasteiger partial charge on any atom is 0.293 e. The number of rotatable bonds is 8. The van der Waals surface area contributed by atoms with Crippen LogP contribution in [-0.2, 0) is 9.53 Å². The van der Waals surface area contributed by atoms with E-state index in [4.69, 9.17) is 10.1 Å². The topological polar surface area (TPSA) is 68.7 Å². The first kappa shape index (κ1) is 20.3. The molecule has 0 saturated carbocycles. The predicted octanol–water partition coefficient (Wildman–Crippen LogP) is 3.12. The fourth-order valence-electron chi connectivity index (χ4n) is 2.85. The summed E-state index contributed by atoms with van der Waals surface area (Å²) in [6.45, 7) is 9.67. The van der Waals surface area contributed by atoms with Gasteiger partial charge in [0.25, 0.3) is 5.91 Å². The Morgan fingerprint density at radius 2 is 2.04 bits per heavy atom. The Labute approximate surface area is 160 Å². The number of nitrogens with zero attached hydrogens (tertiary/aromatic N) is 2. The third kappa shape index (κ3) is 5.51. The number of hydrogen-bond donors (Lipinski definition) is 2. The van der Waals surface area contributed by atoms with Crippen molar-refractivity contribution >= 4 is 29.8 Å². The molecule has 142 valence electrons. The number of carbonyl (C=O) groups excluding carboxylic acids is 1. The lowest BCUT2D eigenvalue weighted by molar-refractivity contribution is -0.116. The highest BCUT2D eigenvalue weighted by Crippen LogP contribution is 2.19. The SMILES string of the molecule is CCO/C(C(=O)Nc1cccc(C)c1)=C(/C=N)N1CCN(SCC)CC1. The molecule has 2 N–H and O–H groups in total. The van der Waals surface area contributed by atoms with Crippen LogP contribution in [0.15, 0.2) is 35.7 Å². The summed E-state index contributed by atoms with van der Waals surface area (Å²) in [6, 6.07) is 7.63. The zero-order chi connectivity index (χ0) is 18.9. The van der Waals surface area contributed by atoms with Crippen molar-refractivity contribution in [3.63, 3.8) is 0 Å². The van der Waals surface area contributed by atoms with E-state index in [-0.39, 0.29) is 11.7 Å². The molecule has 0 unspecified atom stereocenters. The number of nitrogens with one attached hydrogen (secondary N) is 2. The average molecular weight is 377 g/mol. The molecule has 6 nitrogen and oxygen atoms in total. The molecule has 0 radical (unpaired) electrons. The molecule has 7 heteroatoms. The summed E-state index contributed by atoms with van der Waals surface area (Å²) in [7, 11) is 0. The minimum atomic E-state index is -0.318. The molecule has 1 aliphatic rings. The third-order valence-electron chi connectivity index (χ3n) is 4.03. The third-order valence-corrected chi connectivity index (χ3v) is 5.02. The largest absolute Gasteiger partial charge is 0.487 e. The highest BCUT2D eigenvalue weighted by molar-refractivity contribution is 7.96. The van der Waals surface area contributed by atoms with Gasteiger partial charge < -0.3 is 20.4 Å². The van der Waals surface area contributed by atoms with Gasteiger partial charge in [0.1, 0.15) is 5.70 Å². The number of hydrogen-bond acceptors (Lipinski definition) is 6. The molecule has 1 amide bonds. The second-order valence-corrected chi connectivity index (χ2v) is 7.30. The minimum absolute atomic E-state index is 0.209. The van der Waals surface area contributed by atoms with Gasteiger partial charge in [0.05, 0.1) is 6.61 Å². The van der Waals surface area contributed by atoms with Gasteiger partial charge in [-0.05, 0) is 31.5 Å². The number of amides is 1. The maximum absolute atomic E-state index is 12.8. The highest BCUT2D eigenvalue weighted by atomic mass is 32.2. The van der Waals surface area contributed by atoms with Crippen LogP contribution in [-0.4, -0.2) is 59.9 Å². The van der Waals surface area contributed by atoms with Gasteiger partial charge in [-0.2, -0.15) is 0 Å². The molecule has 1 aromatic rings. The maximum atomic E-state index is 12.8. The van der Waals surface area contributed by atoms with E-state index in [1.165, 1.54) is 6.21 Å². The Balaban J connectivity index is 2.17. The van der Waals surface area contributed by atoms with Crippen molar-refractivity contribution in [2.24, 2.45) is 0 Å². The van der Waals surface area contributed by atoms with Crippen LogP contribution in [0.25, 0.3) is 0 Å². The summed E-state index contributed by atoms with van der Waals surface area (Å²) in [4.78, 5) is 14.8. The lowest BCUT2D eigenvalue weighted by Crippen LogP contribution is -2.44. The van der Waals surface area contributed by atoms with Crippen LogP contribution in [0.3, 0.4) is 0 Å². The summed E-state index contributed by atoms with van der Waals surface area (Å²) in [5.74, 6) is 0.943. The van der Waals surface area contributed by atoms with Crippen molar-refractivity contribution in [2.75, 3.05) is 43.9 Å². The monoisotopic (exact) mass is 376 g/mol. The molecule has 1 saturated heterocycles. The number of ether oxygens (including phenoxy) is 1.